The minimum atomic E-state index is 0.287. The number of nitrogens with zero attached hydrogens (tertiary/aromatic N) is 1. The van der Waals surface area contributed by atoms with E-state index in [9.17, 15) is 0 Å². The third kappa shape index (κ3) is 3.04. The van der Waals surface area contributed by atoms with Gasteiger partial charge in [-0.2, -0.15) is 0 Å². The fourth-order valence-corrected chi connectivity index (χ4v) is 1.93. The maximum Gasteiger partial charge on any atom is 0.0704 e. The molecule has 2 nitrogen and oxygen atoms in total. The average molecular weight is 228 g/mol. The third-order valence-electron chi connectivity index (χ3n) is 3.29. The molecule has 0 saturated heterocycles. The number of rotatable bonds is 4. The Hall–Kier alpha value is -1.41. The monoisotopic (exact) mass is 228 g/mol. The van der Waals surface area contributed by atoms with Crippen LogP contribution in [-0.2, 0) is 6.42 Å². The minimum absolute atomic E-state index is 0.287. The van der Waals surface area contributed by atoms with Crippen LogP contribution in [-0.4, -0.2) is 11.0 Å². The van der Waals surface area contributed by atoms with Crippen molar-refractivity contribution < 1.29 is 0 Å². The largest absolute Gasteiger partial charge is 0.327 e. The first-order valence-corrected chi connectivity index (χ1v) is 6.26. The molecule has 0 bridgehead atoms. The van der Waals surface area contributed by atoms with Crippen LogP contribution in [0.4, 0.5) is 0 Å². The molecule has 0 aliphatic rings. The molecule has 2 rings (SSSR count). The number of pyridine rings is 1. The number of aryl methyl sites for hydroxylation is 1. The highest BCUT2D eigenvalue weighted by atomic mass is 14.6. The Morgan fingerprint density at radius 2 is 2.06 bits per heavy atom. The molecule has 2 aromatic rings. The number of fused-ring (bicyclic) bond motifs is 1. The molecule has 0 aliphatic carbocycles. The topological polar surface area (TPSA) is 38.9 Å². The summed E-state index contributed by atoms with van der Waals surface area (Å²) < 4.78 is 0. The number of hydrogen-bond acceptors (Lipinski definition) is 2. The first kappa shape index (κ1) is 12.1. The summed E-state index contributed by atoms with van der Waals surface area (Å²) in [6.07, 6.45) is 3.91. The quantitative estimate of drug-likeness (QED) is 0.873. The van der Waals surface area contributed by atoms with Gasteiger partial charge in [-0.05, 0) is 36.5 Å². The van der Waals surface area contributed by atoms with E-state index in [1.165, 1.54) is 10.9 Å². The highest BCUT2D eigenvalue weighted by Crippen LogP contribution is 2.15. The molecule has 2 N–H and O–H groups in total. The molecule has 1 atom stereocenters. The van der Waals surface area contributed by atoms with Gasteiger partial charge in [-0.15, -0.1) is 0 Å². The van der Waals surface area contributed by atoms with Crippen molar-refractivity contribution in [3.05, 3.63) is 42.1 Å². The minimum Gasteiger partial charge on any atom is -0.327 e. The maximum absolute atomic E-state index is 6.06. The lowest BCUT2D eigenvalue weighted by Gasteiger charge is -2.15. The number of nitrogens with two attached hydrogens (primary N) is 1. The highest BCUT2D eigenvalue weighted by Gasteiger charge is 2.07. The lowest BCUT2D eigenvalue weighted by atomic mass is 9.97. The van der Waals surface area contributed by atoms with Crippen molar-refractivity contribution in [2.75, 3.05) is 0 Å². The molecule has 0 aliphatic heterocycles. The highest BCUT2D eigenvalue weighted by molar-refractivity contribution is 5.78. The smallest absolute Gasteiger partial charge is 0.0704 e. The van der Waals surface area contributed by atoms with Gasteiger partial charge in [0.05, 0.1) is 5.52 Å². The van der Waals surface area contributed by atoms with Gasteiger partial charge in [0.1, 0.15) is 0 Å². The molecule has 0 radical (unpaired) electrons. The Labute approximate surface area is 103 Å². The molecule has 1 aromatic carbocycles. The van der Waals surface area contributed by atoms with E-state index in [0.29, 0.717) is 5.92 Å². The van der Waals surface area contributed by atoms with E-state index in [0.717, 1.165) is 18.4 Å². The van der Waals surface area contributed by atoms with Gasteiger partial charge in [-0.1, -0.05) is 32.0 Å². The molecule has 17 heavy (non-hydrogen) atoms. The fraction of sp³-hybridized carbons (Fsp3) is 0.400. The molecule has 0 saturated carbocycles. The van der Waals surface area contributed by atoms with Crippen LogP contribution < -0.4 is 5.73 Å². The second-order valence-corrected chi connectivity index (χ2v) is 4.98. The van der Waals surface area contributed by atoms with Crippen molar-refractivity contribution in [3.8, 4) is 0 Å². The van der Waals surface area contributed by atoms with Crippen molar-refractivity contribution in [2.45, 2.75) is 32.7 Å². The van der Waals surface area contributed by atoms with Crippen LogP contribution >= 0.6 is 0 Å². The average Bonchev–Trinajstić information content (AvgIpc) is 2.35. The van der Waals surface area contributed by atoms with Crippen molar-refractivity contribution in [3.63, 3.8) is 0 Å². The molecule has 0 fully saturated rings. The number of benzene rings is 1. The van der Waals surface area contributed by atoms with Gasteiger partial charge < -0.3 is 5.73 Å². The molecule has 1 aromatic heterocycles. The van der Waals surface area contributed by atoms with Gasteiger partial charge in [0.15, 0.2) is 0 Å². The molecular formula is C15H20N2. The summed E-state index contributed by atoms with van der Waals surface area (Å²) in [5.41, 5.74) is 8.46. The summed E-state index contributed by atoms with van der Waals surface area (Å²) in [6.45, 7) is 4.35. The Balaban J connectivity index is 2.09. The molecule has 2 heteroatoms. The normalized spacial score (nSPS) is 13.2. The van der Waals surface area contributed by atoms with Crippen molar-refractivity contribution in [1.82, 2.24) is 4.98 Å². The van der Waals surface area contributed by atoms with Crippen LogP contribution in [0.15, 0.2) is 36.5 Å². The molecule has 1 unspecified atom stereocenters. The second kappa shape index (κ2) is 5.28. The second-order valence-electron chi connectivity index (χ2n) is 4.98. The fourth-order valence-electron chi connectivity index (χ4n) is 1.93. The van der Waals surface area contributed by atoms with E-state index < -0.39 is 0 Å². The predicted molar refractivity (Wildman–Crippen MR) is 72.9 cm³/mol. The maximum atomic E-state index is 6.06. The van der Waals surface area contributed by atoms with Crippen LogP contribution in [0.5, 0.6) is 0 Å². The van der Waals surface area contributed by atoms with Gasteiger partial charge in [0.25, 0.3) is 0 Å². The van der Waals surface area contributed by atoms with E-state index in [-0.39, 0.29) is 6.04 Å². The summed E-state index contributed by atoms with van der Waals surface area (Å²) in [5, 5.41) is 1.20. The molecule has 0 spiro atoms. The van der Waals surface area contributed by atoms with Gasteiger partial charge in [0.2, 0.25) is 0 Å². The summed E-state index contributed by atoms with van der Waals surface area (Å²) >= 11 is 0. The summed E-state index contributed by atoms with van der Waals surface area (Å²) in [5.74, 6) is 0.550. The van der Waals surface area contributed by atoms with Crippen LogP contribution in [0.3, 0.4) is 0 Å². The Morgan fingerprint density at radius 3 is 2.82 bits per heavy atom. The standard InChI is InChI=1S/C15H20N2/c1-11(2)14(16)8-6-12-5-7-13-4-3-9-17-15(13)10-12/h3-5,7,9-11,14H,6,8,16H2,1-2H3. The third-order valence-corrected chi connectivity index (χ3v) is 3.29. The molecular weight excluding hydrogens is 208 g/mol. The zero-order chi connectivity index (χ0) is 12.3. The van der Waals surface area contributed by atoms with Crippen LogP contribution in [0.25, 0.3) is 10.9 Å². The van der Waals surface area contributed by atoms with Crippen LogP contribution in [0, 0.1) is 5.92 Å². The van der Waals surface area contributed by atoms with Gasteiger partial charge in [-0.3, -0.25) is 4.98 Å². The van der Waals surface area contributed by atoms with Gasteiger partial charge in [-0.25, -0.2) is 0 Å². The van der Waals surface area contributed by atoms with E-state index >= 15 is 0 Å². The van der Waals surface area contributed by atoms with Crippen molar-refractivity contribution in [1.29, 1.82) is 0 Å². The Morgan fingerprint density at radius 1 is 1.24 bits per heavy atom. The summed E-state index contributed by atoms with van der Waals surface area (Å²) in [6, 6.07) is 10.8. The lowest BCUT2D eigenvalue weighted by Crippen LogP contribution is -2.26. The predicted octanol–water partition coefficient (Wildman–Crippen LogP) is 3.15. The summed E-state index contributed by atoms with van der Waals surface area (Å²) in [7, 11) is 0. The van der Waals surface area contributed by atoms with Gasteiger partial charge in [0, 0.05) is 17.6 Å². The summed E-state index contributed by atoms with van der Waals surface area (Å²) in [4.78, 5) is 4.37. The first-order valence-electron chi connectivity index (χ1n) is 6.26. The Bertz CT molecular complexity index is 491. The molecule has 1 heterocycles. The Kier molecular flexibility index (Phi) is 3.75. The van der Waals surface area contributed by atoms with E-state index in [1.54, 1.807) is 0 Å². The zero-order valence-electron chi connectivity index (χ0n) is 10.6. The van der Waals surface area contributed by atoms with E-state index in [2.05, 4.69) is 43.1 Å². The zero-order valence-corrected chi connectivity index (χ0v) is 10.6. The van der Waals surface area contributed by atoms with Crippen molar-refractivity contribution >= 4 is 10.9 Å². The molecule has 0 amide bonds. The van der Waals surface area contributed by atoms with Crippen LogP contribution in [0.2, 0.25) is 0 Å². The van der Waals surface area contributed by atoms with Gasteiger partial charge >= 0.3 is 0 Å². The lowest BCUT2D eigenvalue weighted by molar-refractivity contribution is 0.464. The SMILES string of the molecule is CC(C)C(N)CCc1ccc2cccnc2c1. The number of aromatic nitrogens is 1. The van der Waals surface area contributed by atoms with E-state index in [4.69, 9.17) is 5.73 Å². The van der Waals surface area contributed by atoms with Crippen LogP contribution in [0.1, 0.15) is 25.8 Å². The molecule has 90 valence electrons. The van der Waals surface area contributed by atoms with Crippen molar-refractivity contribution in [2.24, 2.45) is 11.7 Å². The number of hydrogen-bond donors (Lipinski definition) is 1. The first-order chi connectivity index (χ1) is 8.16. The van der Waals surface area contributed by atoms with E-state index in [1.807, 2.05) is 12.3 Å².